The molecule has 1 saturated carbocycles. The summed E-state index contributed by atoms with van der Waals surface area (Å²) in [7, 11) is -2.07. The largest absolute Gasteiger partial charge is 0.454 e. The first-order valence-corrected chi connectivity index (χ1v) is 11.1. The molecule has 2 aliphatic rings. The number of rotatable bonds is 5. The number of fused-ring (bicyclic) bond motifs is 1. The first-order valence-electron chi connectivity index (χ1n) is 9.65. The summed E-state index contributed by atoms with van der Waals surface area (Å²) in [6.07, 6.45) is 4.94. The second-order valence-electron chi connectivity index (χ2n) is 7.25. The van der Waals surface area contributed by atoms with Crippen molar-refractivity contribution in [2.75, 3.05) is 13.8 Å². The Morgan fingerprint density at radius 3 is 2.59 bits per heavy atom. The highest BCUT2D eigenvalue weighted by molar-refractivity contribution is 7.89. The molecule has 7 nitrogen and oxygen atoms in total. The van der Waals surface area contributed by atoms with Crippen molar-refractivity contribution in [3.63, 3.8) is 0 Å². The number of ether oxygens (including phenoxy) is 3. The molecule has 0 spiro atoms. The van der Waals surface area contributed by atoms with Crippen molar-refractivity contribution in [2.24, 2.45) is 0 Å². The predicted octanol–water partition coefficient (Wildman–Crippen LogP) is 3.59. The molecule has 0 bridgehead atoms. The molecule has 0 atom stereocenters. The number of esters is 1. The lowest BCUT2D eigenvalue weighted by molar-refractivity contribution is 0.0734. The molecule has 8 heteroatoms. The molecule has 1 aliphatic carbocycles. The second-order valence-corrected chi connectivity index (χ2v) is 9.24. The van der Waals surface area contributed by atoms with Crippen molar-refractivity contribution < 1.29 is 27.4 Å². The lowest BCUT2D eigenvalue weighted by Gasteiger charge is -2.30. The van der Waals surface area contributed by atoms with Crippen LogP contribution in [0.25, 0.3) is 0 Å². The van der Waals surface area contributed by atoms with Crippen molar-refractivity contribution in [1.29, 1.82) is 0 Å². The summed E-state index contributed by atoms with van der Waals surface area (Å²) in [5, 5.41) is 0. The van der Waals surface area contributed by atoms with Gasteiger partial charge in [0.2, 0.25) is 16.8 Å². The van der Waals surface area contributed by atoms with Gasteiger partial charge in [-0.3, -0.25) is 0 Å². The Balaban J connectivity index is 1.52. The van der Waals surface area contributed by atoms with Gasteiger partial charge >= 0.3 is 5.97 Å². The van der Waals surface area contributed by atoms with Crippen LogP contribution in [-0.2, 0) is 10.0 Å². The second kappa shape index (κ2) is 8.04. The fraction of sp³-hybridized carbons (Fsp3) is 0.381. The van der Waals surface area contributed by atoms with Gasteiger partial charge in [-0.25, -0.2) is 13.2 Å². The smallest absolute Gasteiger partial charge is 0.343 e. The van der Waals surface area contributed by atoms with E-state index in [-0.39, 0.29) is 23.3 Å². The Morgan fingerprint density at radius 1 is 1.03 bits per heavy atom. The van der Waals surface area contributed by atoms with E-state index in [9.17, 15) is 13.2 Å². The molecular formula is C21H23NO6S. The summed E-state index contributed by atoms with van der Waals surface area (Å²) in [5.41, 5.74) is 0.167. The van der Waals surface area contributed by atoms with Crippen LogP contribution in [0.2, 0.25) is 0 Å². The summed E-state index contributed by atoms with van der Waals surface area (Å²) >= 11 is 0. The van der Waals surface area contributed by atoms with Crippen molar-refractivity contribution in [2.45, 2.75) is 43.0 Å². The summed E-state index contributed by atoms with van der Waals surface area (Å²) in [4.78, 5) is 12.7. The number of carbonyl (C=O) groups is 1. The average Bonchev–Trinajstić information content (AvgIpc) is 3.22. The maximum atomic E-state index is 13.0. The molecule has 0 unspecified atom stereocenters. The highest BCUT2D eigenvalue weighted by atomic mass is 32.2. The van der Waals surface area contributed by atoms with E-state index in [1.54, 1.807) is 31.3 Å². The van der Waals surface area contributed by atoms with E-state index in [1.165, 1.54) is 22.5 Å². The Labute approximate surface area is 170 Å². The molecular weight excluding hydrogens is 394 g/mol. The Hall–Kier alpha value is -2.58. The first-order chi connectivity index (χ1) is 13.9. The van der Waals surface area contributed by atoms with Crippen LogP contribution in [0.1, 0.15) is 42.5 Å². The normalized spacial score (nSPS) is 16.8. The SMILES string of the molecule is CN(C1CCCCC1)S(=O)(=O)c1cccc(C(=O)Oc2ccc3c(c2)OCO3)c1. The van der Waals surface area contributed by atoms with E-state index in [2.05, 4.69) is 0 Å². The summed E-state index contributed by atoms with van der Waals surface area (Å²) in [5.74, 6) is 0.748. The highest BCUT2D eigenvalue weighted by Crippen LogP contribution is 2.35. The maximum Gasteiger partial charge on any atom is 0.343 e. The number of hydrogen-bond acceptors (Lipinski definition) is 6. The minimum Gasteiger partial charge on any atom is -0.454 e. The number of benzene rings is 2. The van der Waals surface area contributed by atoms with Crippen LogP contribution in [0.3, 0.4) is 0 Å². The van der Waals surface area contributed by atoms with E-state index in [4.69, 9.17) is 14.2 Å². The van der Waals surface area contributed by atoms with Gasteiger partial charge in [0, 0.05) is 19.2 Å². The molecule has 154 valence electrons. The zero-order chi connectivity index (χ0) is 20.4. The van der Waals surface area contributed by atoms with Crippen LogP contribution >= 0.6 is 0 Å². The van der Waals surface area contributed by atoms with Gasteiger partial charge in [-0.2, -0.15) is 4.31 Å². The monoisotopic (exact) mass is 417 g/mol. The maximum absolute atomic E-state index is 13.0. The van der Waals surface area contributed by atoms with Crippen LogP contribution in [-0.4, -0.2) is 38.6 Å². The average molecular weight is 417 g/mol. The molecule has 4 rings (SSSR count). The van der Waals surface area contributed by atoms with Crippen LogP contribution in [0, 0.1) is 0 Å². The zero-order valence-corrected chi connectivity index (χ0v) is 17.0. The summed E-state index contributed by atoms with van der Waals surface area (Å²) < 4.78 is 43.4. The Morgan fingerprint density at radius 2 is 1.79 bits per heavy atom. The third-order valence-electron chi connectivity index (χ3n) is 5.39. The van der Waals surface area contributed by atoms with E-state index < -0.39 is 16.0 Å². The minimum absolute atomic E-state index is 0.00186. The summed E-state index contributed by atoms with van der Waals surface area (Å²) in [6.45, 7) is 0.126. The van der Waals surface area contributed by atoms with Gasteiger partial charge in [0.25, 0.3) is 0 Å². The fourth-order valence-corrected chi connectivity index (χ4v) is 5.16. The van der Waals surface area contributed by atoms with Crippen molar-refractivity contribution in [3.8, 4) is 17.2 Å². The third kappa shape index (κ3) is 4.09. The van der Waals surface area contributed by atoms with Crippen molar-refractivity contribution >= 4 is 16.0 Å². The standard InChI is InChI=1S/C21H23NO6S/c1-22(16-7-3-2-4-8-16)29(24,25)18-9-5-6-15(12-18)21(23)28-17-10-11-19-20(13-17)27-14-26-19/h5-6,9-13,16H,2-4,7-8,14H2,1H3. The fourth-order valence-electron chi connectivity index (χ4n) is 3.70. The van der Waals surface area contributed by atoms with Gasteiger partial charge in [-0.1, -0.05) is 25.3 Å². The number of carbonyl (C=O) groups excluding carboxylic acids is 1. The molecule has 0 N–H and O–H groups in total. The van der Waals surface area contributed by atoms with Crippen LogP contribution in [0.15, 0.2) is 47.4 Å². The van der Waals surface area contributed by atoms with Crippen LogP contribution in [0.5, 0.6) is 17.2 Å². The van der Waals surface area contributed by atoms with Crippen LogP contribution < -0.4 is 14.2 Å². The number of sulfonamides is 1. The quantitative estimate of drug-likeness (QED) is 0.546. The Kier molecular flexibility index (Phi) is 5.47. The van der Waals surface area contributed by atoms with Gasteiger partial charge in [0.15, 0.2) is 11.5 Å². The van der Waals surface area contributed by atoms with Gasteiger partial charge in [0.1, 0.15) is 5.75 Å². The molecule has 0 radical (unpaired) electrons. The highest BCUT2D eigenvalue weighted by Gasteiger charge is 2.29. The number of nitrogens with zero attached hydrogens (tertiary/aromatic N) is 1. The lowest BCUT2D eigenvalue weighted by atomic mass is 9.96. The molecule has 0 aromatic heterocycles. The van der Waals surface area contributed by atoms with Gasteiger partial charge < -0.3 is 14.2 Å². The topological polar surface area (TPSA) is 82.1 Å². The molecule has 1 heterocycles. The van der Waals surface area contributed by atoms with Gasteiger partial charge in [-0.05, 0) is 43.2 Å². The van der Waals surface area contributed by atoms with Gasteiger partial charge in [-0.15, -0.1) is 0 Å². The molecule has 2 aromatic carbocycles. The number of hydrogen-bond donors (Lipinski definition) is 0. The van der Waals surface area contributed by atoms with Gasteiger partial charge in [0.05, 0.1) is 10.5 Å². The Bertz CT molecular complexity index is 1010. The van der Waals surface area contributed by atoms with E-state index >= 15 is 0 Å². The first kappa shape index (κ1) is 19.7. The third-order valence-corrected chi connectivity index (χ3v) is 7.30. The van der Waals surface area contributed by atoms with Crippen molar-refractivity contribution in [3.05, 3.63) is 48.0 Å². The molecule has 1 aliphatic heterocycles. The molecule has 2 aromatic rings. The minimum atomic E-state index is -3.69. The summed E-state index contributed by atoms with van der Waals surface area (Å²) in [6, 6.07) is 10.8. The molecule has 0 saturated heterocycles. The molecule has 1 fully saturated rings. The molecule has 29 heavy (non-hydrogen) atoms. The van der Waals surface area contributed by atoms with E-state index in [1.807, 2.05) is 0 Å². The van der Waals surface area contributed by atoms with E-state index in [0.29, 0.717) is 17.2 Å². The molecule has 0 amide bonds. The van der Waals surface area contributed by atoms with Crippen molar-refractivity contribution in [1.82, 2.24) is 4.31 Å². The lowest BCUT2D eigenvalue weighted by Crippen LogP contribution is -2.38. The van der Waals surface area contributed by atoms with Crippen LogP contribution in [0.4, 0.5) is 0 Å². The zero-order valence-electron chi connectivity index (χ0n) is 16.2. The predicted molar refractivity (Wildman–Crippen MR) is 106 cm³/mol. The van der Waals surface area contributed by atoms with E-state index in [0.717, 1.165) is 32.1 Å².